The number of hydrogen-bond donors (Lipinski definition) is 0. The summed E-state index contributed by atoms with van der Waals surface area (Å²) in [6.07, 6.45) is 3.89. The number of benzene rings is 1. The number of piperidine rings is 1. The molecule has 0 bridgehead atoms. The van der Waals surface area contributed by atoms with Gasteiger partial charge in [0, 0.05) is 13.1 Å². The van der Waals surface area contributed by atoms with Crippen molar-refractivity contribution >= 4 is 22.6 Å². The minimum Gasteiger partial charge on any atom is -0.326 e. The first-order valence-electron chi connectivity index (χ1n) is 7.21. The first-order chi connectivity index (χ1) is 9.78. The first-order valence-corrected chi connectivity index (χ1v) is 7.74. The van der Waals surface area contributed by atoms with Gasteiger partial charge in [0.25, 0.3) is 0 Å². The lowest BCUT2D eigenvalue weighted by Gasteiger charge is -2.26. The van der Waals surface area contributed by atoms with E-state index >= 15 is 0 Å². The van der Waals surface area contributed by atoms with Gasteiger partial charge in [0.1, 0.15) is 11.6 Å². The van der Waals surface area contributed by atoms with Crippen LogP contribution in [0, 0.1) is 5.82 Å². The number of rotatable bonds is 4. The molecular weight excluding hydrogens is 277 g/mol. The quantitative estimate of drug-likeness (QED) is 0.806. The van der Waals surface area contributed by atoms with Crippen molar-refractivity contribution in [1.82, 2.24) is 14.5 Å². The van der Waals surface area contributed by atoms with E-state index in [4.69, 9.17) is 11.6 Å². The second-order valence-corrected chi connectivity index (χ2v) is 5.62. The summed E-state index contributed by atoms with van der Waals surface area (Å²) < 4.78 is 15.5. The number of halogens is 2. The normalized spacial score (nSPS) is 16.9. The Hall–Kier alpha value is -1.13. The molecule has 2 heterocycles. The van der Waals surface area contributed by atoms with Gasteiger partial charge >= 0.3 is 0 Å². The van der Waals surface area contributed by atoms with Crippen molar-refractivity contribution in [3.8, 4) is 0 Å². The maximum absolute atomic E-state index is 13.4. The van der Waals surface area contributed by atoms with Gasteiger partial charge in [-0.25, -0.2) is 9.37 Å². The van der Waals surface area contributed by atoms with Crippen LogP contribution in [-0.4, -0.2) is 34.1 Å². The maximum atomic E-state index is 13.4. The summed E-state index contributed by atoms with van der Waals surface area (Å²) in [6, 6.07) is 4.72. The highest BCUT2D eigenvalue weighted by atomic mass is 35.5. The Bertz CT molecular complexity index is 590. The number of aromatic nitrogens is 2. The monoisotopic (exact) mass is 295 g/mol. The fourth-order valence-electron chi connectivity index (χ4n) is 2.92. The van der Waals surface area contributed by atoms with Crippen molar-refractivity contribution < 1.29 is 4.39 Å². The molecule has 3 rings (SSSR count). The van der Waals surface area contributed by atoms with Crippen LogP contribution < -0.4 is 0 Å². The molecule has 0 atom stereocenters. The summed E-state index contributed by atoms with van der Waals surface area (Å²) in [7, 11) is 0. The largest absolute Gasteiger partial charge is 0.326 e. The van der Waals surface area contributed by atoms with Gasteiger partial charge in [-0.1, -0.05) is 6.42 Å². The van der Waals surface area contributed by atoms with Crippen LogP contribution in [0.15, 0.2) is 18.2 Å². The molecule has 0 N–H and O–H groups in total. The van der Waals surface area contributed by atoms with E-state index in [1.807, 2.05) is 0 Å². The van der Waals surface area contributed by atoms with Gasteiger partial charge in [0.05, 0.1) is 16.9 Å². The number of likely N-dealkylation sites (tertiary alicyclic amines) is 1. The summed E-state index contributed by atoms with van der Waals surface area (Å²) >= 11 is 5.97. The van der Waals surface area contributed by atoms with Gasteiger partial charge in [-0.15, -0.1) is 11.6 Å². The number of hydrogen-bond acceptors (Lipinski definition) is 2. The van der Waals surface area contributed by atoms with Gasteiger partial charge in [-0.3, -0.25) is 0 Å². The van der Waals surface area contributed by atoms with Crippen LogP contribution in [0.3, 0.4) is 0 Å². The van der Waals surface area contributed by atoms with Crippen LogP contribution in [0.25, 0.3) is 11.0 Å². The molecule has 108 valence electrons. The number of imidazole rings is 1. The Morgan fingerprint density at radius 3 is 2.70 bits per heavy atom. The topological polar surface area (TPSA) is 21.1 Å². The highest BCUT2D eigenvalue weighted by molar-refractivity contribution is 6.16. The summed E-state index contributed by atoms with van der Waals surface area (Å²) in [4.78, 5) is 6.95. The van der Waals surface area contributed by atoms with Gasteiger partial charge in [-0.05, 0) is 44.1 Å². The van der Waals surface area contributed by atoms with Crippen molar-refractivity contribution in [3.05, 3.63) is 29.8 Å². The Morgan fingerprint density at radius 1 is 1.15 bits per heavy atom. The molecule has 2 aromatic rings. The molecule has 0 saturated carbocycles. The number of alkyl halides is 1. The average molecular weight is 296 g/mol. The minimum absolute atomic E-state index is 0.224. The van der Waals surface area contributed by atoms with Crippen LogP contribution >= 0.6 is 11.6 Å². The molecule has 3 nitrogen and oxygen atoms in total. The molecule has 1 aromatic heterocycles. The molecule has 0 unspecified atom stereocenters. The van der Waals surface area contributed by atoms with Crippen molar-refractivity contribution in [1.29, 1.82) is 0 Å². The zero-order valence-corrected chi connectivity index (χ0v) is 12.2. The molecule has 1 fully saturated rings. The Morgan fingerprint density at radius 2 is 1.95 bits per heavy atom. The lowest BCUT2D eigenvalue weighted by molar-refractivity contribution is 0.221. The molecule has 0 amide bonds. The predicted molar refractivity (Wildman–Crippen MR) is 79.5 cm³/mol. The first kappa shape index (κ1) is 13.8. The van der Waals surface area contributed by atoms with E-state index in [0.717, 1.165) is 43.0 Å². The molecule has 0 spiro atoms. The molecule has 0 radical (unpaired) electrons. The van der Waals surface area contributed by atoms with Crippen LogP contribution in [0.4, 0.5) is 4.39 Å². The van der Waals surface area contributed by atoms with Crippen molar-refractivity contribution in [2.24, 2.45) is 0 Å². The molecule has 1 aliphatic rings. The Kier molecular flexibility index (Phi) is 4.22. The second-order valence-electron chi connectivity index (χ2n) is 5.35. The summed E-state index contributed by atoms with van der Waals surface area (Å²) in [5.41, 5.74) is 1.67. The van der Waals surface area contributed by atoms with Crippen LogP contribution in [0.2, 0.25) is 0 Å². The van der Waals surface area contributed by atoms with E-state index in [0.29, 0.717) is 5.88 Å². The SMILES string of the molecule is Fc1ccc2nc(CCl)n(CCN3CCCCC3)c2c1. The predicted octanol–water partition coefficient (Wildman–Crippen LogP) is 3.40. The second kappa shape index (κ2) is 6.10. The zero-order chi connectivity index (χ0) is 13.9. The molecular formula is C15H19ClFN3. The standard InChI is InChI=1S/C15H19ClFN3/c16-11-15-18-13-5-4-12(17)10-14(13)20(15)9-8-19-6-2-1-3-7-19/h4-5,10H,1-3,6-9,11H2. The zero-order valence-electron chi connectivity index (χ0n) is 11.5. The molecule has 1 aliphatic heterocycles. The van der Waals surface area contributed by atoms with Gasteiger partial charge in [0.15, 0.2) is 0 Å². The van der Waals surface area contributed by atoms with E-state index in [9.17, 15) is 4.39 Å². The smallest absolute Gasteiger partial charge is 0.125 e. The third-order valence-corrected chi connectivity index (χ3v) is 4.24. The summed E-state index contributed by atoms with van der Waals surface area (Å²) in [5.74, 6) is 0.957. The van der Waals surface area contributed by atoms with E-state index in [2.05, 4.69) is 14.5 Å². The highest BCUT2D eigenvalue weighted by Gasteiger charge is 2.14. The fraction of sp³-hybridized carbons (Fsp3) is 0.533. The number of fused-ring (bicyclic) bond motifs is 1. The van der Waals surface area contributed by atoms with E-state index in [1.54, 1.807) is 12.1 Å². The van der Waals surface area contributed by atoms with Gasteiger partial charge < -0.3 is 9.47 Å². The lowest BCUT2D eigenvalue weighted by Crippen LogP contribution is -2.32. The Labute approximate surface area is 123 Å². The van der Waals surface area contributed by atoms with Gasteiger partial charge in [-0.2, -0.15) is 0 Å². The van der Waals surface area contributed by atoms with E-state index in [1.165, 1.54) is 25.3 Å². The van der Waals surface area contributed by atoms with Crippen LogP contribution in [0.1, 0.15) is 25.1 Å². The average Bonchev–Trinajstić information content (AvgIpc) is 2.83. The maximum Gasteiger partial charge on any atom is 0.125 e. The van der Waals surface area contributed by atoms with E-state index in [-0.39, 0.29) is 5.82 Å². The van der Waals surface area contributed by atoms with Crippen LogP contribution in [0.5, 0.6) is 0 Å². The summed E-state index contributed by atoms with van der Waals surface area (Å²) in [5, 5.41) is 0. The minimum atomic E-state index is -0.224. The third-order valence-electron chi connectivity index (χ3n) is 4.00. The molecule has 20 heavy (non-hydrogen) atoms. The molecule has 0 aliphatic carbocycles. The number of nitrogens with zero attached hydrogens (tertiary/aromatic N) is 3. The Balaban J connectivity index is 1.83. The third kappa shape index (κ3) is 2.81. The van der Waals surface area contributed by atoms with Gasteiger partial charge in [0.2, 0.25) is 0 Å². The van der Waals surface area contributed by atoms with Crippen molar-refractivity contribution in [3.63, 3.8) is 0 Å². The molecule has 1 aromatic carbocycles. The summed E-state index contributed by atoms with van der Waals surface area (Å²) in [6.45, 7) is 4.13. The lowest BCUT2D eigenvalue weighted by atomic mass is 10.1. The van der Waals surface area contributed by atoms with Crippen molar-refractivity contribution in [2.45, 2.75) is 31.7 Å². The fourth-order valence-corrected chi connectivity index (χ4v) is 3.13. The highest BCUT2D eigenvalue weighted by Crippen LogP contribution is 2.19. The molecule has 5 heteroatoms. The van der Waals surface area contributed by atoms with E-state index < -0.39 is 0 Å². The molecule has 1 saturated heterocycles. The van der Waals surface area contributed by atoms with Crippen LogP contribution in [-0.2, 0) is 12.4 Å². The van der Waals surface area contributed by atoms with Crippen molar-refractivity contribution in [2.75, 3.05) is 19.6 Å².